The van der Waals surface area contributed by atoms with Crippen LogP contribution in [0.2, 0.25) is 0 Å². The summed E-state index contributed by atoms with van der Waals surface area (Å²) in [6.45, 7) is 2.34. The fourth-order valence-corrected chi connectivity index (χ4v) is 6.68. The number of carbonyl (C=O) groups excluding carboxylic acids is 2. The van der Waals surface area contributed by atoms with Crippen LogP contribution in [0.15, 0.2) is 57.7 Å². The summed E-state index contributed by atoms with van der Waals surface area (Å²) in [5.74, 6) is 1.03. The number of benzene rings is 1. The number of fused-ring (bicyclic) bond motifs is 3. The second-order valence-electron chi connectivity index (χ2n) is 9.46. The second kappa shape index (κ2) is 9.96. The third-order valence-corrected chi connectivity index (χ3v) is 8.17. The Bertz CT molecular complexity index is 1050. The number of carbonyl (C=O) groups is 2. The molecular weight excluding hydrogens is 450 g/mol. The highest BCUT2D eigenvalue weighted by atomic mass is 32.2. The van der Waals surface area contributed by atoms with Crippen LogP contribution in [0.1, 0.15) is 50.6 Å². The van der Waals surface area contributed by atoms with Gasteiger partial charge in [-0.1, -0.05) is 48.5 Å². The van der Waals surface area contributed by atoms with Crippen LogP contribution in [0.25, 0.3) is 0 Å². The summed E-state index contributed by atoms with van der Waals surface area (Å²) in [5.41, 5.74) is 2.94. The predicted molar refractivity (Wildman–Crippen MR) is 132 cm³/mol. The van der Waals surface area contributed by atoms with E-state index in [2.05, 4.69) is 5.32 Å². The highest BCUT2D eigenvalue weighted by Gasteiger charge is 2.43. The molecule has 1 aromatic rings. The van der Waals surface area contributed by atoms with Crippen LogP contribution in [-0.4, -0.2) is 48.3 Å². The molecule has 2 saturated carbocycles. The fourth-order valence-electron chi connectivity index (χ4n) is 5.72. The highest BCUT2D eigenvalue weighted by Crippen LogP contribution is 2.46. The summed E-state index contributed by atoms with van der Waals surface area (Å²) in [7, 11) is 1.57. The maximum atomic E-state index is 13.2. The lowest BCUT2D eigenvalue weighted by molar-refractivity contribution is -0.141. The summed E-state index contributed by atoms with van der Waals surface area (Å²) >= 11 is 1.50. The molecule has 8 heteroatoms. The Morgan fingerprint density at radius 2 is 2.00 bits per heavy atom. The zero-order valence-corrected chi connectivity index (χ0v) is 20.5. The number of ether oxygens (including phenoxy) is 2. The van der Waals surface area contributed by atoms with Crippen LogP contribution in [0.4, 0.5) is 0 Å². The standard InChI is InChI=1S/C26H31N3O4S/c1-16-23(25(31)33-11-10-32-2)24(18-6-4-3-5-7-18)29-20(15-34-26(29)27-16)14-22(30)28-21-13-17-8-9-19(21)12-17/h3-7,15,17,19,21,24H,8-14H2,1-2H3,(H,28,30)/t17-,19-,21-,24+/m0/s1. The summed E-state index contributed by atoms with van der Waals surface area (Å²) < 4.78 is 10.5. The van der Waals surface area contributed by atoms with E-state index in [0.717, 1.165) is 28.8 Å². The summed E-state index contributed by atoms with van der Waals surface area (Å²) in [6, 6.07) is 9.76. The normalized spacial score (nSPS) is 27.4. The van der Waals surface area contributed by atoms with Crippen molar-refractivity contribution >= 4 is 28.8 Å². The van der Waals surface area contributed by atoms with Gasteiger partial charge in [0, 0.05) is 18.8 Å². The molecule has 1 N–H and O–H groups in total. The van der Waals surface area contributed by atoms with Gasteiger partial charge in [0.25, 0.3) is 0 Å². The first-order chi connectivity index (χ1) is 16.5. The average molecular weight is 482 g/mol. The quantitative estimate of drug-likeness (QED) is 0.444. The molecule has 2 heterocycles. The lowest BCUT2D eigenvalue weighted by atomic mass is 9.93. The van der Waals surface area contributed by atoms with Gasteiger partial charge >= 0.3 is 5.97 Å². The summed E-state index contributed by atoms with van der Waals surface area (Å²) in [5, 5.41) is 6.06. The first-order valence-corrected chi connectivity index (χ1v) is 12.9. The zero-order chi connectivity index (χ0) is 23.7. The molecule has 0 saturated heterocycles. The van der Waals surface area contributed by atoms with Gasteiger partial charge in [0.05, 0.1) is 30.3 Å². The van der Waals surface area contributed by atoms with E-state index >= 15 is 0 Å². The molecule has 2 aliphatic heterocycles. The number of methoxy groups -OCH3 is 1. The number of hydrogen-bond donors (Lipinski definition) is 1. The number of esters is 1. The molecule has 4 aliphatic rings. The smallest absolute Gasteiger partial charge is 0.338 e. The molecule has 1 amide bonds. The molecule has 7 nitrogen and oxygen atoms in total. The van der Waals surface area contributed by atoms with Crippen LogP contribution in [0, 0.1) is 11.8 Å². The third kappa shape index (κ3) is 4.53. The number of allylic oxidation sites excluding steroid dienone is 1. The van der Waals surface area contributed by atoms with E-state index in [0.29, 0.717) is 29.8 Å². The Kier molecular flexibility index (Phi) is 6.79. The number of thioether (sulfide) groups is 1. The van der Waals surface area contributed by atoms with Crippen molar-refractivity contribution in [3.63, 3.8) is 0 Å². The van der Waals surface area contributed by atoms with E-state index in [1.54, 1.807) is 7.11 Å². The van der Waals surface area contributed by atoms with Crippen molar-refractivity contribution in [3.8, 4) is 0 Å². The van der Waals surface area contributed by atoms with Crippen LogP contribution >= 0.6 is 11.8 Å². The van der Waals surface area contributed by atoms with Gasteiger partial charge in [-0.25, -0.2) is 9.79 Å². The molecule has 5 rings (SSSR count). The average Bonchev–Trinajstić information content (AvgIpc) is 3.55. The molecule has 180 valence electrons. The van der Waals surface area contributed by atoms with Crippen LogP contribution in [0.5, 0.6) is 0 Å². The lowest BCUT2D eigenvalue weighted by Gasteiger charge is -2.36. The molecule has 2 fully saturated rings. The van der Waals surface area contributed by atoms with Crippen LogP contribution in [0.3, 0.4) is 0 Å². The molecule has 2 aliphatic carbocycles. The zero-order valence-electron chi connectivity index (χ0n) is 19.7. The number of amidine groups is 1. The van der Waals surface area contributed by atoms with Gasteiger partial charge in [-0.15, -0.1) is 0 Å². The van der Waals surface area contributed by atoms with Crippen molar-refractivity contribution in [2.45, 2.75) is 51.1 Å². The van der Waals surface area contributed by atoms with E-state index in [1.807, 2.05) is 47.6 Å². The first kappa shape index (κ1) is 23.2. The minimum atomic E-state index is -0.408. The minimum Gasteiger partial charge on any atom is -0.460 e. The number of amides is 1. The van der Waals surface area contributed by atoms with Gasteiger partial charge < -0.3 is 19.7 Å². The summed E-state index contributed by atoms with van der Waals surface area (Å²) in [4.78, 5) is 32.9. The molecule has 0 unspecified atom stereocenters. The van der Waals surface area contributed by atoms with Gasteiger partial charge in [0.2, 0.25) is 5.91 Å². The van der Waals surface area contributed by atoms with Crippen LogP contribution in [-0.2, 0) is 19.1 Å². The maximum Gasteiger partial charge on any atom is 0.338 e. The second-order valence-corrected chi connectivity index (χ2v) is 10.3. The Hall–Kier alpha value is -2.58. The lowest BCUT2D eigenvalue weighted by Crippen LogP contribution is -2.41. The maximum absolute atomic E-state index is 13.2. The molecule has 2 bridgehead atoms. The van der Waals surface area contributed by atoms with Gasteiger partial charge in [0.1, 0.15) is 6.61 Å². The number of nitrogens with zero attached hydrogens (tertiary/aromatic N) is 2. The SMILES string of the molecule is COCCOC(=O)C1=C(C)N=C2SC=C(CC(=O)N[C@H]3C[C@H]4CC[C@H]3C4)N2[C@@H]1c1ccccc1. The van der Waals surface area contributed by atoms with Crippen molar-refractivity contribution in [2.75, 3.05) is 20.3 Å². The van der Waals surface area contributed by atoms with Gasteiger partial charge in [0.15, 0.2) is 5.17 Å². The molecule has 1 aromatic carbocycles. The monoisotopic (exact) mass is 481 g/mol. The fraction of sp³-hybridized carbons (Fsp3) is 0.500. The van der Waals surface area contributed by atoms with E-state index in [9.17, 15) is 9.59 Å². The Morgan fingerprint density at radius 3 is 2.71 bits per heavy atom. The van der Waals surface area contributed by atoms with Crippen molar-refractivity contribution in [2.24, 2.45) is 16.8 Å². The van der Waals surface area contributed by atoms with Crippen molar-refractivity contribution in [1.29, 1.82) is 0 Å². The Balaban J connectivity index is 1.38. The van der Waals surface area contributed by atoms with Crippen molar-refractivity contribution in [1.82, 2.24) is 10.2 Å². The van der Waals surface area contributed by atoms with E-state index in [1.165, 1.54) is 31.0 Å². The molecule has 4 atom stereocenters. The number of rotatable bonds is 8. The topological polar surface area (TPSA) is 80.2 Å². The number of nitrogens with one attached hydrogen (secondary N) is 1. The first-order valence-electron chi connectivity index (χ1n) is 12.0. The number of aliphatic imine (C=N–C) groups is 1. The molecule has 0 radical (unpaired) electrons. The Morgan fingerprint density at radius 1 is 1.18 bits per heavy atom. The minimum absolute atomic E-state index is 0.0351. The molecular formula is C26H31N3O4S. The van der Waals surface area contributed by atoms with Gasteiger partial charge in [-0.3, -0.25) is 4.79 Å². The summed E-state index contributed by atoms with van der Waals surface area (Å²) in [6.07, 6.45) is 5.15. The third-order valence-electron chi connectivity index (χ3n) is 7.28. The van der Waals surface area contributed by atoms with Gasteiger partial charge in [-0.2, -0.15) is 0 Å². The highest BCUT2D eigenvalue weighted by molar-refractivity contribution is 8.16. The van der Waals surface area contributed by atoms with E-state index in [-0.39, 0.29) is 18.9 Å². The van der Waals surface area contributed by atoms with Crippen LogP contribution < -0.4 is 5.32 Å². The van der Waals surface area contributed by atoms with E-state index in [4.69, 9.17) is 14.5 Å². The van der Waals surface area contributed by atoms with Crippen molar-refractivity contribution in [3.05, 3.63) is 58.3 Å². The largest absolute Gasteiger partial charge is 0.460 e. The molecule has 0 aromatic heterocycles. The molecule has 34 heavy (non-hydrogen) atoms. The number of hydrogen-bond acceptors (Lipinski definition) is 7. The van der Waals surface area contributed by atoms with Gasteiger partial charge in [-0.05, 0) is 49.0 Å². The Labute approximate surface area is 204 Å². The van der Waals surface area contributed by atoms with Crippen molar-refractivity contribution < 1.29 is 19.1 Å². The predicted octanol–water partition coefficient (Wildman–Crippen LogP) is 4.15. The molecule has 0 spiro atoms. The van der Waals surface area contributed by atoms with E-state index < -0.39 is 12.0 Å².